The summed E-state index contributed by atoms with van der Waals surface area (Å²) in [6.45, 7) is 1.27. The summed E-state index contributed by atoms with van der Waals surface area (Å²) in [5, 5.41) is 17.0. The molecule has 0 amide bonds. The minimum atomic E-state index is 0.416. The Labute approximate surface area is 189 Å². The van der Waals surface area contributed by atoms with Crippen LogP contribution in [0.25, 0.3) is 0 Å². The molecule has 0 bridgehead atoms. The first-order chi connectivity index (χ1) is 14.5. The molecular weight excluding hydrogens is 439 g/mol. The lowest BCUT2D eigenvalue weighted by molar-refractivity contribution is 0.689. The zero-order chi connectivity index (χ0) is 20.9. The van der Waals surface area contributed by atoms with Crippen molar-refractivity contribution in [2.75, 3.05) is 10.6 Å². The van der Waals surface area contributed by atoms with Gasteiger partial charge >= 0.3 is 0 Å². The van der Waals surface area contributed by atoms with Crippen LogP contribution < -0.4 is 10.6 Å². The van der Waals surface area contributed by atoms with Gasteiger partial charge in [0.15, 0.2) is 16.7 Å². The maximum atomic E-state index is 6.04. The first-order valence-electron chi connectivity index (χ1n) is 9.17. The number of hydrogen-bond acceptors (Lipinski definition) is 3. The van der Waals surface area contributed by atoms with Crippen molar-refractivity contribution < 1.29 is 0 Å². The second kappa shape index (κ2) is 9.30. The molecule has 0 aliphatic carbocycles. The second-order valence-electron chi connectivity index (χ2n) is 6.63. The van der Waals surface area contributed by atoms with E-state index in [1.807, 2.05) is 82.4 Å². The van der Waals surface area contributed by atoms with Crippen LogP contribution >= 0.6 is 35.4 Å². The Morgan fingerprint density at radius 1 is 0.767 bits per heavy atom. The van der Waals surface area contributed by atoms with Gasteiger partial charge in [0.05, 0.1) is 13.1 Å². The van der Waals surface area contributed by atoms with Crippen LogP contribution in [0.1, 0.15) is 11.1 Å². The lowest BCUT2D eigenvalue weighted by Crippen LogP contribution is -2.20. The van der Waals surface area contributed by atoms with Crippen molar-refractivity contribution in [3.8, 4) is 0 Å². The molecule has 6 nitrogen and oxygen atoms in total. The highest BCUT2D eigenvalue weighted by Crippen LogP contribution is 2.14. The van der Waals surface area contributed by atoms with E-state index in [0.29, 0.717) is 39.9 Å². The average Bonchev–Trinajstić information content (AvgIpc) is 3.33. The molecule has 2 N–H and O–H groups in total. The molecule has 4 rings (SSSR count). The number of benzene rings is 2. The van der Waals surface area contributed by atoms with E-state index in [9.17, 15) is 0 Å². The Hall–Kier alpha value is -2.87. The highest BCUT2D eigenvalue weighted by atomic mass is 35.5. The molecular formula is C21H18Cl2N6S. The van der Waals surface area contributed by atoms with Gasteiger partial charge in [-0.15, -0.1) is 0 Å². The number of nitrogens with zero attached hydrogens (tertiary/aromatic N) is 4. The van der Waals surface area contributed by atoms with Gasteiger partial charge < -0.3 is 10.6 Å². The molecule has 4 aromatic rings. The van der Waals surface area contributed by atoms with E-state index in [-0.39, 0.29) is 0 Å². The van der Waals surface area contributed by atoms with Crippen LogP contribution in [0.5, 0.6) is 0 Å². The third-order valence-electron chi connectivity index (χ3n) is 4.26. The predicted molar refractivity (Wildman–Crippen MR) is 125 cm³/mol. The summed E-state index contributed by atoms with van der Waals surface area (Å²) >= 11 is 17.3. The van der Waals surface area contributed by atoms with Gasteiger partial charge in [0, 0.05) is 34.6 Å². The number of thiocarbonyl (C=S) groups is 1. The standard InChI is InChI=1S/C21H18Cl2N6S/c22-17-6-4-15(5-7-17)13-28-10-8-19(26-28)24-21(30)25-20-9-11-29(27-20)14-16-2-1-3-18(23)12-16/h1-12H,13-14H2,(H2,24,25,26,27,30). The van der Waals surface area contributed by atoms with Crippen LogP contribution in [-0.4, -0.2) is 24.7 Å². The van der Waals surface area contributed by atoms with Crippen molar-refractivity contribution in [2.24, 2.45) is 0 Å². The molecule has 0 radical (unpaired) electrons. The number of nitrogens with one attached hydrogen (secondary N) is 2. The van der Waals surface area contributed by atoms with Crippen molar-refractivity contribution in [1.82, 2.24) is 19.6 Å². The molecule has 0 unspecified atom stereocenters. The number of hydrogen-bond donors (Lipinski definition) is 2. The quantitative estimate of drug-likeness (QED) is 0.385. The maximum absolute atomic E-state index is 6.04. The van der Waals surface area contributed by atoms with Gasteiger partial charge in [0.25, 0.3) is 0 Å². The van der Waals surface area contributed by atoms with E-state index >= 15 is 0 Å². The van der Waals surface area contributed by atoms with Crippen molar-refractivity contribution in [3.63, 3.8) is 0 Å². The topological polar surface area (TPSA) is 59.7 Å². The van der Waals surface area contributed by atoms with Crippen LogP contribution in [0.4, 0.5) is 11.6 Å². The van der Waals surface area contributed by atoms with Gasteiger partial charge in [-0.05, 0) is 47.6 Å². The lowest BCUT2D eigenvalue weighted by Gasteiger charge is -2.06. The summed E-state index contributed by atoms with van der Waals surface area (Å²) in [5.41, 5.74) is 2.18. The minimum Gasteiger partial charge on any atom is -0.316 e. The minimum absolute atomic E-state index is 0.416. The van der Waals surface area contributed by atoms with Gasteiger partial charge in [0.2, 0.25) is 0 Å². The van der Waals surface area contributed by atoms with E-state index in [1.165, 1.54) is 0 Å². The van der Waals surface area contributed by atoms with E-state index in [0.717, 1.165) is 11.1 Å². The van der Waals surface area contributed by atoms with Crippen LogP contribution in [0, 0.1) is 0 Å². The van der Waals surface area contributed by atoms with Gasteiger partial charge in [-0.2, -0.15) is 10.2 Å². The van der Waals surface area contributed by atoms with Crippen LogP contribution in [0.15, 0.2) is 73.1 Å². The average molecular weight is 457 g/mol. The maximum Gasteiger partial charge on any atom is 0.177 e. The fourth-order valence-electron chi connectivity index (χ4n) is 2.90. The Balaban J connectivity index is 1.31. The lowest BCUT2D eigenvalue weighted by atomic mass is 10.2. The molecule has 9 heteroatoms. The molecule has 152 valence electrons. The van der Waals surface area contributed by atoms with Crippen LogP contribution in [-0.2, 0) is 13.1 Å². The summed E-state index contributed by atoms with van der Waals surface area (Å²) in [5.74, 6) is 1.30. The Morgan fingerprint density at radius 2 is 1.37 bits per heavy atom. The molecule has 30 heavy (non-hydrogen) atoms. The molecule has 0 spiro atoms. The normalized spacial score (nSPS) is 10.7. The zero-order valence-electron chi connectivity index (χ0n) is 15.8. The summed E-state index contributed by atoms with van der Waals surface area (Å²) < 4.78 is 3.64. The van der Waals surface area contributed by atoms with E-state index in [1.54, 1.807) is 0 Å². The first-order valence-corrected chi connectivity index (χ1v) is 10.3. The van der Waals surface area contributed by atoms with Crippen LogP contribution in [0.2, 0.25) is 10.0 Å². The highest BCUT2D eigenvalue weighted by Gasteiger charge is 2.06. The molecule has 0 aliphatic heterocycles. The summed E-state index contributed by atoms with van der Waals surface area (Å²) in [4.78, 5) is 0. The summed E-state index contributed by atoms with van der Waals surface area (Å²) in [6.07, 6.45) is 3.77. The van der Waals surface area contributed by atoms with Crippen molar-refractivity contribution in [1.29, 1.82) is 0 Å². The van der Waals surface area contributed by atoms with Gasteiger partial charge in [0.1, 0.15) is 0 Å². The Bertz CT molecular complexity index is 1150. The zero-order valence-corrected chi connectivity index (χ0v) is 18.1. The fraction of sp³-hybridized carbons (Fsp3) is 0.0952. The van der Waals surface area contributed by atoms with Gasteiger partial charge in [-0.25, -0.2) is 0 Å². The third kappa shape index (κ3) is 5.60. The molecule has 0 fully saturated rings. The van der Waals surface area contributed by atoms with Crippen molar-refractivity contribution >= 4 is 52.2 Å². The number of halogens is 2. The fourth-order valence-corrected chi connectivity index (χ4v) is 3.44. The Kier molecular flexibility index (Phi) is 6.32. The SMILES string of the molecule is S=C(Nc1ccn(Cc2ccc(Cl)cc2)n1)Nc1ccn(Cc2cccc(Cl)c2)n1. The Morgan fingerprint density at radius 3 is 1.97 bits per heavy atom. The van der Waals surface area contributed by atoms with Crippen molar-refractivity contribution in [2.45, 2.75) is 13.1 Å². The number of rotatable bonds is 6. The molecule has 2 aromatic carbocycles. The monoisotopic (exact) mass is 456 g/mol. The van der Waals surface area contributed by atoms with E-state index < -0.39 is 0 Å². The van der Waals surface area contributed by atoms with Crippen LogP contribution in [0.3, 0.4) is 0 Å². The first kappa shape index (κ1) is 20.4. The molecule has 0 atom stereocenters. The third-order valence-corrected chi connectivity index (χ3v) is 4.95. The summed E-state index contributed by atoms with van der Waals surface area (Å²) in [7, 11) is 0. The molecule has 2 aromatic heterocycles. The van der Waals surface area contributed by atoms with Crippen molar-refractivity contribution in [3.05, 3.63) is 94.2 Å². The predicted octanol–water partition coefficient (Wildman–Crippen LogP) is 5.29. The largest absolute Gasteiger partial charge is 0.316 e. The highest BCUT2D eigenvalue weighted by molar-refractivity contribution is 7.80. The smallest absolute Gasteiger partial charge is 0.177 e. The molecule has 0 saturated heterocycles. The summed E-state index contributed by atoms with van der Waals surface area (Å²) in [6, 6.07) is 19.1. The molecule has 0 aliphatic rings. The molecule has 0 saturated carbocycles. The molecule has 2 heterocycles. The van der Waals surface area contributed by atoms with E-state index in [2.05, 4.69) is 20.8 Å². The number of aromatic nitrogens is 4. The second-order valence-corrected chi connectivity index (χ2v) is 7.91. The van der Waals surface area contributed by atoms with Gasteiger partial charge in [-0.3, -0.25) is 9.36 Å². The van der Waals surface area contributed by atoms with Gasteiger partial charge in [-0.1, -0.05) is 47.5 Å². The number of anilines is 2. The van der Waals surface area contributed by atoms with E-state index in [4.69, 9.17) is 35.4 Å².